The Balaban J connectivity index is 1.21. The largest absolute Gasteiger partial charge is 0.354 e. The van der Waals surface area contributed by atoms with Gasteiger partial charge in [0.2, 0.25) is 23.8 Å². The van der Waals surface area contributed by atoms with E-state index in [0.29, 0.717) is 36.9 Å². The second-order valence-corrected chi connectivity index (χ2v) is 10.6. The predicted molar refractivity (Wildman–Crippen MR) is 160 cm³/mol. The van der Waals surface area contributed by atoms with Crippen LogP contribution in [-0.2, 0) is 24.3 Å². The SMILES string of the molecule is O=C(Cc1ccc(Nc2nc(NCc3ccc(F)cc3)nc(NCC3CCCCC3)n2)cc1)NCc1ccc(F)cc1. The Morgan fingerprint density at radius 1 is 0.667 bits per heavy atom. The summed E-state index contributed by atoms with van der Waals surface area (Å²) in [7, 11) is 0. The van der Waals surface area contributed by atoms with Gasteiger partial charge in [0.15, 0.2) is 0 Å². The monoisotopic (exact) mass is 571 g/mol. The van der Waals surface area contributed by atoms with E-state index < -0.39 is 0 Å². The van der Waals surface area contributed by atoms with Crippen LogP contribution in [0.25, 0.3) is 0 Å². The molecule has 4 aromatic rings. The quantitative estimate of drug-likeness (QED) is 0.157. The molecule has 1 aliphatic carbocycles. The maximum Gasteiger partial charge on any atom is 0.233 e. The molecule has 0 spiro atoms. The zero-order valence-corrected chi connectivity index (χ0v) is 23.4. The number of halogens is 2. The van der Waals surface area contributed by atoms with Crippen LogP contribution in [0.3, 0.4) is 0 Å². The zero-order chi connectivity index (χ0) is 29.1. The first-order valence-electron chi connectivity index (χ1n) is 14.3. The normalized spacial score (nSPS) is 13.4. The van der Waals surface area contributed by atoms with Crippen LogP contribution in [0, 0.1) is 17.6 Å². The van der Waals surface area contributed by atoms with Gasteiger partial charge in [0.25, 0.3) is 0 Å². The average molecular weight is 572 g/mol. The molecule has 1 fully saturated rings. The molecule has 0 atom stereocenters. The Morgan fingerprint density at radius 3 is 1.86 bits per heavy atom. The van der Waals surface area contributed by atoms with Crippen molar-refractivity contribution >= 4 is 29.4 Å². The van der Waals surface area contributed by atoms with Gasteiger partial charge in [-0.2, -0.15) is 15.0 Å². The molecule has 0 aliphatic heterocycles. The van der Waals surface area contributed by atoms with Gasteiger partial charge in [-0.05, 0) is 71.8 Å². The van der Waals surface area contributed by atoms with E-state index in [9.17, 15) is 13.6 Å². The van der Waals surface area contributed by atoms with Gasteiger partial charge in [0.05, 0.1) is 6.42 Å². The number of benzene rings is 3. The number of nitrogens with one attached hydrogen (secondary N) is 4. The number of hydrogen-bond donors (Lipinski definition) is 4. The lowest BCUT2D eigenvalue weighted by Crippen LogP contribution is -2.24. The lowest BCUT2D eigenvalue weighted by Gasteiger charge is -2.21. The van der Waals surface area contributed by atoms with Crippen LogP contribution in [-0.4, -0.2) is 27.4 Å². The van der Waals surface area contributed by atoms with Gasteiger partial charge in [-0.15, -0.1) is 0 Å². The van der Waals surface area contributed by atoms with E-state index in [-0.39, 0.29) is 24.0 Å². The third-order valence-corrected chi connectivity index (χ3v) is 7.25. The third-order valence-electron chi connectivity index (χ3n) is 7.25. The fourth-order valence-corrected chi connectivity index (χ4v) is 4.89. The molecular weight excluding hydrogens is 536 g/mol. The van der Waals surface area contributed by atoms with Gasteiger partial charge >= 0.3 is 0 Å². The van der Waals surface area contributed by atoms with E-state index in [1.807, 2.05) is 24.3 Å². The van der Waals surface area contributed by atoms with E-state index in [1.165, 1.54) is 56.4 Å². The van der Waals surface area contributed by atoms with Crippen molar-refractivity contribution in [2.24, 2.45) is 5.92 Å². The molecule has 5 rings (SSSR count). The Bertz CT molecular complexity index is 1440. The minimum atomic E-state index is -0.305. The number of carbonyl (C=O) groups is 1. The number of nitrogens with zero attached hydrogens (tertiary/aromatic N) is 3. The molecular formula is C32H35F2N7O. The molecule has 4 N–H and O–H groups in total. The van der Waals surface area contributed by atoms with Gasteiger partial charge in [-0.1, -0.05) is 55.7 Å². The van der Waals surface area contributed by atoms with E-state index in [4.69, 9.17) is 0 Å². The van der Waals surface area contributed by atoms with Crippen molar-refractivity contribution in [3.63, 3.8) is 0 Å². The fraction of sp³-hybridized carbons (Fsp3) is 0.312. The number of anilines is 4. The molecule has 1 aliphatic rings. The first-order valence-corrected chi connectivity index (χ1v) is 14.3. The maximum atomic E-state index is 13.3. The molecule has 42 heavy (non-hydrogen) atoms. The van der Waals surface area contributed by atoms with Crippen molar-refractivity contribution in [1.82, 2.24) is 20.3 Å². The van der Waals surface area contributed by atoms with E-state index in [1.54, 1.807) is 24.3 Å². The Kier molecular flexibility index (Phi) is 9.87. The molecule has 1 saturated carbocycles. The Hall–Kier alpha value is -4.60. The highest BCUT2D eigenvalue weighted by Crippen LogP contribution is 2.24. The second-order valence-electron chi connectivity index (χ2n) is 10.6. The molecule has 3 aromatic carbocycles. The number of rotatable bonds is 12. The highest BCUT2D eigenvalue weighted by Gasteiger charge is 2.15. The van der Waals surface area contributed by atoms with Crippen LogP contribution in [0.2, 0.25) is 0 Å². The van der Waals surface area contributed by atoms with Crippen LogP contribution in [0.15, 0.2) is 72.8 Å². The van der Waals surface area contributed by atoms with Crippen molar-refractivity contribution in [2.45, 2.75) is 51.6 Å². The highest BCUT2D eigenvalue weighted by molar-refractivity contribution is 5.78. The molecule has 218 valence electrons. The van der Waals surface area contributed by atoms with E-state index in [2.05, 4.69) is 36.2 Å². The summed E-state index contributed by atoms with van der Waals surface area (Å²) in [6.07, 6.45) is 6.44. The van der Waals surface area contributed by atoms with Crippen LogP contribution < -0.4 is 21.3 Å². The molecule has 1 aromatic heterocycles. The van der Waals surface area contributed by atoms with Crippen molar-refractivity contribution in [3.05, 3.63) is 101 Å². The number of hydrogen-bond acceptors (Lipinski definition) is 7. The zero-order valence-electron chi connectivity index (χ0n) is 23.4. The lowest BCUT2D eigenvalue weighted by molar-refractivity contribution is -0.120. The van der Waals surface area contributed by atoms with Crippen LogP contribution >= 0.6 is 0 Å². The lowest BCUT2D eigenvalue weighted by atomic mass is 9.89. The topological polar surface area (TPSA) is 104 Å². The maximum absolute atomic E-state index is 13.3. The summed E-state index contributed by atoms with van der Waals surface area (Å²) in [5.41, 5.74) is 3.35. The molecule has 8 nitrogen and oxygen atoms in total. The molecule has 0 saturated heterocycles. The van der Waals surface area contributed by atoms with Gasteiger partial charge in [-0.3, -0.25) is 4.79 Å². The number of aromatic nitrogens is 3. The molecule has 0 unspecified atom stereocenters. The van der Waals surface area contributed by atoms with Crippen molar-refractivity contribution < 1.29 is 13.6 Å². The van der Waals surface area contributed by atoms with Crippen LogP contribution in [0.4, 0.5) is 32.3 Å². The van der Waals surface area contributed by atoms with Gasteiger partial charge in [0, 0.05) is 25.3 Å². The summed E-state index contributed by atoms with van der Waals surface area (Å²) in [6, 6.07) is 19.8. The van der Waals surface area contributed by atoms with Gasteiger partial charge in [-0.25, -0.2) is 8.78 Å². The first-order chi connectivity index (χ1) is 20.5. The minimum Gasteiger partial charge on any atom is -0.354 e. The van der Waals surface area contributed by atoms with Gasteiger partial charge < -0.3 is 21.3 Å². The van der Waals surface area contributed by atoms with Gasteiger partial charge in [0.1, 0.15) is 11.6 Å². The molecule has 10 heteroatoms. The molecule has 1 heterocycles. The first kappa shape index (κ1) is 28.9. The molecule has 0 bridgehead atoms. The third kappa shape index (κ3) is 8.95. The predicted octanol–water partition coefficient (Wildman–Crippen LogP) is 6.36. The summed E-state index contributed by atoms with van der Waals surface area (Å²) in [6.45, 7) is 1.58. The van der Waals surface area contributed by atoms with Crippen molar-refractivity contribution in [2.75, 3.05) is 22.5 Å². The summed E-state index contributed by atoms with van der Waals surface area (Å²) in [4.78, 5) is 26.1. The summed E-state index contributed by atoms with van der Waals surface area (Å²) in [5.74, 6) is 1.15. The Labute approximate surface area is 244 Å². The van der Waals surface area contributed by atoms with Crippen molar-refractivity contribution in [1.29, 1.82) is 0 Å². The van der Waals surface area contributed by atoms with Crippen LogP contribution in [0.5, 0.6) is 0 Å². The number of amides is 1. The fourth-order valence-electron chi connectivity index (χ4n) is 4.89. The Morgan fingerprint density at radius 2 is 1.21 bits per heavy atom. The standard InChI is InChI=1S/C32H35F2N7O/c33-26-12-6-24(7-13-26)19-35-29(42)18-22-10-16-28(17-11-22)38-32-40-30(36-20-23-4-2-1-3-5-23)39-31(41-32)37-21-25-8-14-27(34)15-9-25/h6-17,23H,1-5,18-21H2,(H,35,42)(H3,36,37,38,39,40,41). The highest BCUT2D eigenvalue weighted by atomic mass is 19.1. The second kappa shape index (κ2) is 14.3. The van der Waals surface area contributed by atoms with Crippen LogP contribution in [0.1, 0.15) is 48.8 Å². The summed E-state index contributed by atoms with van der Waals surface area (Å²) < 4.78 is 26.4. The van der Waals surface area contributed by atoms with E-state index in [0.717, 1.165) is 28.9 Å². The number of carbonyl (C=O) groups excluding carboxylic acids is 1. The minimum absolute atomic E-state index is 0.122. The smallest absolute Gasteiger partial charge is 0.233 e. The summed E-state index contributed by atoms with van der Waals surface area (Å²) >= 11 is 0. The molecule has 0 radical (unpaired) electrons. The average Bonchev–Trinajstić information content (AvgIpc) is 3.01. The molecule has 1 amide bonds. The van der Waals surface area contributed by atoms with Crippen molar-refractivity contribution in [3.8, 4) is 0 Å². The summed E-state index contributed by atoms with van der Waals surface area (Å²) in [5, 5.41) is 12.7. The van der Waals surface area contributed by atoms with E-state index >= 15 is 0 Å².